The monoisotopic (exact) mass is 834 g/mol. The summed E-state index contributed by atoms with van der Waals surface area (Å²) in [5.41, 5.74) is -0.0955. The van der Waals surface area contributed by atoms with E-state index in [2.05, 4.69) is 36.3 Å². The van der Waals surface area contributed by atoms with Crippen molar-refractivity contribution in [2.75, 3.05) is 57.6 Å². The second kappa shape index (κ2) is 43.8. The lowest BCUT2D eigenvalue weighted by Gasteiger charge is -2.23. The van der Waals surface area contributed by atoms with Crippen LogP contribution in [0.3, 0.4) is 0 Å². The minimum absolute atomic E-state index is 0.0682. The van der Waals surface area contributed by atoms with Gasteiger partial charge in [0.1, 0.15) is 17.7 Å². The molecule has 9 nitrogen and oxygen atoms in total. The van der Waals surface area contributed by atoms with Crippen molar-refractivity contribution >= 4 is 23.6 Å². The van der Waals surface area contributed by atoms with Gasteiger partial charge in [-0.05, 0) is 71.0 Å². The summed E-state index contributed by atoms with van der Waals surface area (Å²) in [6, 6.07) is 0. The topological polar surface area (TPSA) is 114 Å². The number of aldehydes is 1. The molecule has 2 N–H and O–H groups in total. The highest BCUT2D eigenvalue weighted by molar-refractivity contribution is 5.73. The van der Waals surface area contributed by atoms with E-state index in [1.54, 1.807) is 7.05 Å². The molecule has 0 saturated carbocycles. The van der Waals surface area contributed by atoms with E-state index in [1.165, 1.54) is 128 Å². The quantitative estimate of drug-likeness (QED) is 0.0287. The van der Waals surface area contributed by atoms with E-state index in [1.807, 2.05) is 7.11 Å². The van der Waals surface area contributed by atoms with Crippen molar-refractivity contribution in [3.8, 4) is 0 Å². The number of rotatable bonds is 44. The van der Waals surface area contributed by atoms with Crippen LogP contribution >= 0.6 is 0 Å². The van der Waals surface area contributed by atoms with Crippen molar-refractivity contribution < 1.29 is 19.1 Å². The van der Waals surface area contributed by atoms with Crippen LogP contribution in [-0.4, -0.2) is 70.2 Å². The van der Waals surface area contributed by atoms with Crippen LogP contribution in [0.4, 0.5) is 11.4 Å². The maximum absolute atomic E-state index is 12.1. The van der Waals surface area contributed by atoms with Gasteiger partial charge in [-0.15, -0.1) is 0 Å². The second-order valence-corrected chi connectivity index (χ2v) is 17.0. The zero-order chi connectivity index (χ0) is 43.4. The Morgan fingerprint density at radius 1 is 0.576 bits per heavy atom. The molecule has 1 atom stereocenters. The van der Waals surface area contributed by atoms with Crippen LogP contribution in [0, 0.1) is 0 Å². The lowest BCUT2D eigenvalue weighted by molar-refractivity contribution is -0.143. The molecular formula is C50H95N3O6. The molecule has 1 unspecified atom stereocenters. The molecule has 0 saturated heterocycles. The van der Waals surface area contributed by atoms with E-state index >= 15 is 0 Å². The second-order valence-electron chi connectivity index (χ2n) is 17.0. The van der Waals surface area contributed by atoms with Gasteiger partial charge in [-0.1, -0.05) is 168 Å². The molecule has 0 aliphatic rings. The first-order valence-corrected chi connectivity index (χ1v) is 25.0. The zero-order valence-electron chi connectivity index (χ0n) is 39.4. The van der Waals surface area contributed by atoms with Crippen molar-refractivity contribution in [1.82, 2.24) is 4.90 Å². The summed E-state index contributed by atoms with van der Waals surface area (Å²) in [5, 5.41) is 5.91. The largest absolute Gasteiger partial charge is 0.466 e. The first-order chi connectivity index (χ1) is 28.9. The van der Waals surface area contributed by atoms with Gasteiger partial charge < -0.3 is 29.8 Å². The molecule has 0 fully saturated rings. The summed E-state index contributed by atoms with van der Waals surface area (Å²) in [5.74, 6) is -0.0682. The molecule has 59 heavy (non-hydrogen) atoms. The lowest BCUT2D eigenvalue weighted by atomic mass is 10.0. The molecular weight excluding hydrogens is 739 g/mol. The minimum Gasteiger partial charge on any atom is -0.466 e. The maximum Gasteiger partial charge on any atom is 0.305 e. The molecule has 0 aromatic heterocycles. The average molecular weight is 834 g/mol. The molecule has 346 valence electrons. The summed E-state index contributed by atoms with van der Waals surface area (Å²) in [6.45, 7) is 10.9. The number of ether oxygens (including phenoxy) is 2. The summed E-state index contributed by atoms with van der Waals surface area (Å²) in [6.07, 6.45) is 41.1. The molecule has 1 rings (SSSR count). The first-order valence-electron chi connectivity index (χ1n) is 25.0. The van der Waals surface area contributed by atoms with Crippen molar-refractivity contribution in [1.29, 1.82) is 0 Å². The third kappa shape index (κ3) is 34.1. The van der Waals surface area contributed by atoms with Crippen LogP contribution in [0.5, 0.6) is 0 Å². The van der Waals surface area contributed by atoms with Crippen LogP contribution in [-0.2, 0) is 19.1 Å². The Morgan fingerprint density at radius 2 is 1.02 bits per heavy atom. The van der Waals surface area contributed by atoms with Gasteiger partial charge in [0.2, 0.25) is 0 Å². The number of nitrogens with one attached hydrogen (secondary N) is 2. The van der Waals surface area contributed by atoms with Crippen molar-refractivity contribution in [3.05, 3.63) is 20.4 Å². The zero-order valence-corrected chi connectivity index (χ0v) is 39.4. The number of carbonyl (C=O) groups excluding carboxylic acids is 2. The van der Waals surface area contributed by atoms with Crippen LogP contribution in [0.1, 0.15) is 233 Å². The number of carbonyl (C=O) groups is 2. The molecule has 0 heterocycles. The Hall–Kier alpha value is -2.26. The van der Waals surface area contributed by atoms with Gasteiger partial charge in [0.15, 0.2) is 0 Å². The summed E-state index contributed by atoms with van der Waals surface area (Å²) < 4.78 is 11.0. The van der Waals surface area contributed by atoms with Crippen molar-refractivity contribution in [2.45, 2.75) is 239 Å². The third-order valence-corrected chi connectivity index (χ3v) is 11.6. The summed E-state index contributed by atoms with van der Waals surface area (Å²) in [7, 11) is 3.54. The summed E-state index contributed by atoms with van der Waals surface area (Å²) >= 11 is 0. The first kappa shape index (κ1) is 56.7. The Morgan fingerprint density at radius 3 is 1.53 bits per heavy atom. The number of unbranched alkanes of at least 4 members (excludes halogenated alkanes) is 24. The Balaban J connectivity index is 0.00000156. The molecule has 0 radical (unpaired) electrons. The van der Waals surface area contributed by atoms with Gasteiger partial charge in [0.25, 0.3) is 10.9 Å². The van der Waals surface area contributed by atoms with E-state index in [0.717, 1.165) is 96.5 Å². The third-order valence-electron chi connectivity index (χ3n) is 11.6. The molecule has 9 heteroatoms. The molecule has 0 amide bonds. The molecule has 0 bridgehead atoms. The maximum atomic E-state index is 12.1. The molecule has 0 spiro atoms. The Labute approximate surface area is 363 Å². The predicted octanol–water partition coefficient (Wildman–Crippen LogP) is 12.7. The number of nitrogens with zero attached hydrogens (tertiary/aromatic N) is 1. The standard InChI is InChI=1S/C33H59N3O5.C17H36O/c1-3-4-5-6-7-8-11-14-20-28-41-29(38)22-16-15-18-25-36(24-17-12-9-10-13-19-27-37)26-21-23-35-31-30(34-2)32(39)33(31)40;1-4-6-8-10-12-14-16-17(18-3)15-13-11-9-7-5-2/h27,34-35H,3-26,28H2,1-2H3;17H,4-16H2,1-3H3. The van der Waals surface area contributed by atoms with Crippen LogP contribution in [0.25, 0.3) is 0 Å². The number of hydrogen-bond acceptors (Lipinski definition) is 9. The van der Waals surface area contributed by atoms with Gasteiger partial charge in [-0.3, -0.25) is 14.4 Å². The predicted molar refractivity (Wildman–Crippen MR) is 253 cm³/mol. The van der Waals surface area contributed by atoms with Gasteiger partial charge in [-0.2, -0.15) is 0 Å². The van der Waals surface area contributed by atoms with E-state index in [0.29, 0.717) is 43.5 Å². The van der Waals surface area contributed by atoms with Gasteiger partial charge in [0.05, 0.1) is 12.7 Å². The van der Waals surface area contributed by atoms with E-state index < -0.39 is 10.9 Å². The lowest BCUT2D eigenvalue weighted by Crippen LogP contribution is -2.37. The highest BCUT2D eigenvalue weighted by atomic mass is 16.5. The summed E-state index contributed by atoms with van der Waals surface area (Å²) in [4.78, 5) is 48.3. The number of methoxy groups -OCH3 is 1. The number of esters is 1. The van der Waals surface area contributed by atoms with E-state index in [-0.39, 0.29) is 5.97 Å². The van der Waals surface area contributed by atoms with Gasteiger partial charge in [0, 0.05) is 33.5 Å². The van der Waals surface area contributed by atoms with E-state index in [9.17, 15) is 19.2 Å². The number of hydrogen-bond donors (Lipinski definition) is 2. The molecule has 1 aromatic carbocycles. The fraction of sp³-hybridized carbons (Fsp3) is 0.880. The molecule has 1 aromatic rings. The number of anilines is 2. The molecule has 0 aliphatic carbocycles. The SMILES string of the molecule is CCCCCCCCC(CCCCCCC)OC.CCCCCCCCCCCOC(=O)CCCCCN(CCCCCCCC=O)CCCNc1c(NC)c(=O)c1=O. The van der Waals surface area contributed by atoms with Gasteiger partial charge >= 0.3 is 5.97 Å². The van der Waals surface area contributed by atoms with Gasteiger partial charge in [-0.25, -0.2) is 0 Å². The van der Waals surface area contributed by atoms with Crippen molar-refractivity contribution in [3.63, 3.8) is 0 Å². The minimum atomic E-state index is -0.447. The van der Waals surface area contributed by atoms with Crippen LogP contribution < -0.4 is 21.5 Å². The average Bonchev–Trinajstić information content (AvgIpc) is 3.24. The highest BCUT2D eigenvalue weighted by Gasteiger charge is 2.19. The Bertz CT molecular complexity index is 1140. The smallest absolute Gasteiger partial charge is 0.305 e. The fourth-order valence-corrected chi connectivity index (χ4v) is 7.70. The fourth-order valence-electron chi connectivity index (χ4n) is 7.70. The van der Waals surface area contributed by atoms with Crippen LogP contribution in [0.2, 0.25) is 0 Å². The normalized spacial score (nSPS) is 11.8. The van der Waals surface area contributed by atoms with E-state index in [4.69, 9.17) is 9.47 Å². The van der Waals surface area contributed by atoms with Crippen LogP contribution in [0.15, 0.2) is 9.59 Å². The molecule has 0 aliphatic heterocycles. The van der Waals surface area contributed by atoms with Crippen molar-refractivity contribution in [2.24, 2.45) is 0 Å². The Kier molecular flexibility index (Phi) is 42.1. The highest BCUT2D eigenvalue weighted by Crippen LogP contribution is 2.17.